The zero-order chi connectivity index (χ0) is 5.98. The highest BCUT2D eigenvalue weighted by Crippen LogP contribution is 1.96. The van der Waals surface area contributed by atoms with E-state index in [0.717, 1.165) is 0 Å². The summed E-state index contributed by atoms with van der Waals surface area (Å²) in [5.41, 5.74) is 0. The highest BCUT2D eigenvalue weighted by molar-refractivity contribution is 4.98. The van der Waals surface area contributed by atoms with Gasteiger partial charge in [-0.1, -0.05) is 0 Å². The largest absolute Gasteiger partial charge is 0.350 e. The smallest absolute Gasteiger partial charge is 0.189 e. The number of rotatable bonds is 0. The van der Waals surface area contributed by atoms with E-state index < -0.39 is 0 Å². The van der Waals surface area contributed by atoms with E-state index in [-0.39, 0.29) is 6.17 Å². The highest BCUT2D eigenvalue weighted by atomic mass is 15.3. The van der Waals surface area contributed by atoms with Gasteiger partial charge in [0, 0.05) is 13.2 Å². The first-order chi connectivity index (χ1) is 3.84. The minimum atomic E-state index is -0.213. The van der Waals surface area contributed by atoms with Crippen molar-refractivity contribution in [1.29, 1.82) is 5.26 Å². The van der Waals surface area contributed by atoms with Crippen molar-refractivity contribution in [2.75, 3.05) is 7.05 Å². The van der Waals surface area contributed by atoms with Gasteiger partial charge in [0.1, 0.15) is 6.07 Å². The van der Waals surface area contributed by atoms with E-state index in [9.17, 15) is 0 Å². The fourth-order valence-corrected chi connectivity index (χ4v) is 0.518. The summed E-state index contributed by atoms with van der Waals surface area (Å²) in [6.45, 7) is 0. The van der Waals surface area contributed by atoms with Crippen molar-refractivity contribution in [3.8, 4) is 6.07 Å². The van der Waals surface area contributed by atoms with Crippen LogP contribution in [0.25, 0.3) is 0 Å². The maximum atomic E-state index is 8.32. The standard InChI is InChI=1S/C5H6N3/c1-8-3-2-7-5(8)4-6/h3,5,7H,1H3. The molecule has 0 spiro atoms. The van der Waals surface area contributed by atoms with Gasteiger partial charge in [-0.25, -0.2) is 0 Å². The maximum absolute atomic E-state index is 8.32. The molecule has 1 aliphatic heterocycles. The van der Waals surface area contributed by atoms with E-state index in [0.29, 0.717) is 0 Å². The summed E-state index contributed by atoms with van der Waals surface area (Å²) in [6, 6.07) is 2.03. The van der Waals surface area contributed by atoms with E-state index >= 15 is 0 Å². The van der Waals surface area contributed by atoms with Gasteiger partial charge in [0.05, 0.1) is 6.20 Å². The quantitative estimate of drug-likeness (QED) is 0.461. The van der Waals surface area contributed by atoms with E-state index in [4.69, 9.17) is 5.26 Å². The predicted molar refractivity (Wildman–Crippen MR) is 28.1 cm³/mol. The third kappa shape index (κ3) is 0.604. The van der Waals surface area contributed by atoms with Gasteiger partial charge in [-0.2, -0.15) is 5.26 Å². The Balaban J connectivity index is 2.54. The molecule has 1 rings (SSSR count). The van der Waals surface area contributed by atoms with Crippen molar-refractivity contribution in [2.45, 2.75) is 6.17 Å². The van der Waals surface area contributed by atoms with Crippen LogP contribution < -0.4 is 5.32 Å². The van der Waals surface area contributed by atoms with E-state index in [1.807, 2.05) is 13.1 Å². The van der Waals surface area contributed by atoms with Crippen LogP contribution in [0.3, 0.4) is 0 Å². The molecule has 3 heteroatoms. The summed E-state index contributed by atoms with van der Waals surface area (Å²) < 4.78 is 0. The number of nitrogens with zero attached hydrogens (tertiary/aromatic N) is 2. The SMILES string of the molecule is CN1C=[C]NC1C#N. The zero-order valence-corrected chi connectivity index (χ0v) is 4.55. The molecule has 0 fully saturated rings. The van der Waals surface area contributed by atoms with Crippen molar-refractivity contribution < 1.29 is 0 Å². The molecule has 0 aromatic rings. The lowest BCUT2D eigenvalue weighted by atomic mass is 10.5. The summed E-state index contributed by atoms with van der Waals surface area (Å²) in [6.07, 6.45) is 4.19. The van der Waals surface area contributed by atoms with Crippen LogP contribution in [-0.4, -0.2) is 18.1 Å². The Morgan fingerprint density at radius 2 is 2.75 bits per heavy atom. The summed E-state index contributed by atoms with van der Waals surface area (Å²) in [7, 11) is 1.82. The van der Waals surface area contributed by atoms with Gasteiger partial charge < -0.3 is 10.2 Å². The number of hydrogen-bond acceptors (Lipinski definition) is 3. The molecular weight excluding hydrogens is 102 g/mol. The van der Waals surface area contributed by atoms with E-state index in [1.165, 1.54) is 0 Å². The maximum Gasteiger partial charge on any atom is 0.189 e. The topological polar surface area (TPSA) is 39.1 Å². The molecule has 0 aromatic carbocycles. The third-order valence-electron chi connectivity index (χ3n) is 1.02. The van der Waals surface area contributed by atoms with Crippen LogP contribution in [0.4, 0.5) is 0 Å². The van der Waals surface area contributed by atoms with Crippen molar-refractivity contribution in [3.05, 3.63) is 12.4 Å². The van der Waals surface area contributed by atoms with Gasteiger partial charge in [0.2, 0.25) is 0 Å². The Kier molecular flexibility index (Phi) is 1.09. The van der Waals surface area contributed by atoms with Crippen LogP contribution in [0, 0.1) is 17.5 Å². The van der Waals surface area contributed by atoms with Crippen molar-refractivity contribution in [1.82, 2.24) is 10.2 Å². The summed E-state index contributed by atoms with van der Waals surface area (Å²) >= 11 is 0. The van der Waals surface area contributed by atoms with Gasteiger partial charge in [0.15, 0.2) is 6.17 Å². The van der Waals surface area contributed by atoms with Gasteiger partial charge in [-0.3, -0.25) is 0 Å². The van der Waals surface area contributed by atoms with Gasteiger partial charge >= 0.3 is 0 Å². The molecule has 1 N–H and O–H groups in total. The van der Waals surface area contributed by atoms with Crippen LogP contribution >= 0.6 is 0 Å². The van der Waals surface area contributed by atoms with Crippen LogP contribution in [0.2, 0.25) is 0 Å². The second-order valence-electron chi connectivity index (χ2n) is 1.61. The molecule has 0 aliphatic carbocycles. The molecule has 1 unspecified atom stereocenters. The lowest BCUT2D eigenvalue weighted by molar-refractivity contribution is 0.398. The lowest BCUT2D eigenvalue weighted by Crippen LogP contribution is -2.30. The molecule has 1 heterocycles. The van der Waals surface area contributed by atoms with E-state index in [1.54, 1.807) is 11.1 Å². The molecule has 0 saturated carbocycles. The molecule has 41 valence electrons. The molecule has 1 atom stereocenters. The molecule has 8 heavy (non-hydrogen) atoms. The first-order valence-electron chi connectivity index (χ1n) is 2.30. The fourth-order valence-electron chi connectivity index (χ4n) is 0.518. The Bertz CT molecular complexity index is 144. The van der Waals surface area contributed by atoms with E-state index in [2.05, 4.69) is 11.5 Å². The fraction of sp³-hybridized carbons (Fsp3) is 0.400. The van der Waals surface area contributed by atoms with Gasteiger partial charge in [-0.15, -0.1) is 0 Å². The summed E-state index contributed by atoms with van der Waals surface area (Å²) in [5.74, 6) is 0. The van der Waals surface area contributed by atoms with Crippen molar-refractivity contribution >= 4 is 0 Å². The number of nitrogens with one attached hydrogen (secondary N) is 1. The molecule has 0 amide bonds. The number of hydrogen-bond donors (Lipinski definition) is 1. The normalized spacial score (nSPS) is 25.0. The van der Waals surface area contributed by atoms with Crippen LogP contribution in [0.5, 0.6) is 0 Å². The average Bonchev–Trinajstić information content (AvgIpc) is 2.14. The number of nitriles is 1. The monoisotopic (exact) mass is 108 g/mol. The van der Waals surface area contributed by atoms with Crippen molar-refractivity contribution in [3.63, 3.8) is 0 Å². The van der Waals surface area contributed by atoms with Crippen LogP contribution in [-0.2, 0) is 0 Å². The Morgan fingerprint density at radius 1 is 2.00 bits per heavy atom. The molecule has 0 aromatic heterocycles. The van der Waals surface area contributed by atoms with Crippen molar-refractivity contribution in [2.24, 2.45) is 0 Å². The lowest BCUT2D eigenvalue weighted by Gasteiger charge is -2.11. The molecule has 3 nitrogen and oxygen atoms in total. The summed E-state index contributed by atoms with van der Waals surface area (Å²) in [4.78, 5) is 1.75. The molecule has 1 aliphatic rings. The minimum Gasteiger partial charge on any atom is -0.350 e. The van der Waals surface area contributed by atoms with Crippen LogP contribution in [0.15, 0.2) is 6.20 Å². The van der Waals surface area contributed by atoms with Crippen LogP contribution in [0.1, 0.15) is 0 Å². The average molecular weight is 108 g/mol. The predicted octanol–water partition coefficient (Wildman–Crippen LogP) is -0.355. The van der Waals surface area contributed by atoms with Gasteiger partial charge in [-0.05, 0) is 0 Å². The molecule has 0 bridgehead atoms. The molecule has 1 radical (unpaired) electrons. The Morgan fingerprint density at radius 3 is 3.00 bits per heavy atom. The third-order valence-corrected chi connectivity index (χ3v) is 1.02. The Labute approximate surface area is 48.2 Å². The second-order valence-corrected chi connectivity index (χ2v) is 1.61. The molecule has 0 saturated heterocycles. The second kappa shape index (κ2) is 1.74. The highest BCUT2D eigenvalue weighted by Gasteiger charge is 2.11. The van der Waals surface area contributed by atoms with Gasteiger partial charge in [0.25, 0.3) is 0 Å². The zero-order valence-electron chi connectivity index (χ0n) is 4.55. The first-order valence-corrected chi connectivity index (χ1v) is 2.30. The summed E-state index contributed by atoms with van der Waals surface area (Å²) in [5, 5.41) is 11.0. The molecular formula is C5H6N3. The Hall–Kier alpha value is -1.17. The first kappa shape index (κ1) is 4.98. The minimum absolute atomic E-state index is 0.213.